The molecule has 0 atom stereocenters. The maximum atomic E-state index is 12.2. The summed E-state index contributed by atoms with van der Waals surface area (Å²) < 4.78 is 26.2. The van der Waals surface area contributed by atoms with Crippen molar-refractivity contribution in [2.24, 2.45) is 0 Å². The number of sulfonamides is 1. The average molecular weight is 351 g/mol. The fourth-order valence-electron chi connectivity index (χ4n) is 1.29. The minimum absolute atomic E-state index is 0.0627. The van der Waals surface area contributed by atoms with E-state index in [4.69, 9.17) is 6.42 Å². The van der Waals surface area contributed by atoms with Crippen molar-refractivity contribution in [1.29, 1.82) is 0 Å². The second kappa shape index (κ2) is 6.68. The molecule has 1 N–H and O–H groups in total. The van der Waals surface area contributed by atoms with Gasteiger partial charge in [0.2, 0.25) is 10.0 Å². The fraction of sp³-hybridized carbons (Fsp3) is 0.455. The largest absolute Gasteiger partial charge is 0.312 e. The van der Waals surface area contributed by atoms with E-state index in [1.165, 1.54) is 18.4 Å². The summed E-state index contributed by atoms with van der Waals surface area (Å²) >= 11 is 4.71. The summed E-state index contributed by atoms with van der Waals surface area (Å²) in [5.74, 6) is 2.33. The van der Waals surface area contributed by atoms with Gasteiger partial charge in [0.05, 0.1) is 10.3 Å². The number of rotatable bonds is 6. The quantitative estimate of drug-likeness (QED) is 0.796. The van der Waals surface area contributed by atoms with Crippen LogP contribution >= 0.6 is 27.3 Å². The van der Waals surface area contributed by atoms with Crippen LogP contribution in [-0.2, 0) is 16.6 Å². The second-order valence-electron chi connectivity index (χ2n) is 3.60. The van der Waals surface area contributed by atoms with Crippen LogP contribution in [0.4, 0.5) is 0 Å². The number of nitrogens with one attached hydrogen (secondary N) is 1. The van der Waals surface area contributed by atoms with Crippen LogP contribution in [0.5, 0.6) is 0 Å². The minimum atomic E-state index is -3.51. The molecular weight excluding hydrogens is 336 g/mol. The van der Waals surface area contributed by atoms with Gasteiger partial charge in [-0.3, -0.25) is 0 Å². The Morgan fingerprint density at radius 3 is 2.83 bits per heavy atom. The Balaban J connectivity index is 3.03. The zero-order valence-corrected chi connectivity index (χ0v) is 13.5. The van der Waals surface area contributed by atoms with Crippen LogP contribution in [0.2, 0.25) is 0 Å². The zero-order valence-electron chi connectivity index (χ0n) is 10.2. The fourth-order valence-corrected chi connectivity index (χ4v) is 4.97. The Labute approximate surface area is 121 Å². The summed E-state index contributed by atoms with van der Waals surface area (Å²) in [5.41, 5.74) is 0. The standard InChI is InChI=1S/C11H15BrN2O2S2/c1-4-6-14(3)18(15,16)10-7-9(8-13-5-2)17-11(10)12/h1,7,13H,5-6,8H2,2-3H3. The molecule has 0 saturated carbocycles. The van der Waals surface area contributed by atoms with E-state index in [0.717, 1.165) is 15.7 Å². The third-order valence-electron chi connectivity index (χ3n) is 2.26. The number of halogens is 1. The summed E-state index contributed by atoms with van der Waals surface area (Å²) in [5, 5.41) is 3.16. The number of terminal acetylenes is 1. The number of hydrogen-bond donors (Lipinski definition) is 1. The van der Waals surface area contributed by atoms with Gasteiger partial charge >= 0.3 is 0 Å². The molecular formula is C11H15BrN2O2S2. The van der Waals surface area contributed by atoms with Crippen LogP contribution in [0.15, 0.2) is 14.7 Å². The lowest BCUT2D eigenvalue weighted by atomic mass is 10.4. The average Bonchev–Trinajstić information content (AvgIpc) is 2.69. The van der Waals surface area contributed by atoms with Crippen LogP contribution in [0.25, 0.3) is 0 Å². The molecule has 1 rings (SSSR count). The lowest BCUT2D eigenvalue weighted by Gasteiger charge is -2.13. The van der Waals surface area contributed by atoms with Crippen LogP contribution in [0, 0.1) is 12.3 Å². The molecule has 4 nitrogen and oxygen atoms in total. The predicted molar refractivity (Wildman–Crippen MR) is 78.0 cm³/mol. The zero-order chi connectivity index (χ0) is 13.8. The molecule has 0 bridgehead atoms. The van der Waals surface area contributed by atoms with Gasteiger partial charge in [-0.25, -0.2) is 8.42 Å². The predicted octanol–water partition coefficient (Wildman–Crippen LogP) is 1.87. The highest BCUT2D eigenvalue weighted by atomic mass is 79.9. The van der Waals surface area contributed by atoms with Gasteiger partial charge in [-0.15, -0.1) is 17.8 Å². The van der Waals surface area contributed by atoms with E-state index in [1.54, 1.807) is 6.07 Å². The Kier molecular flexibility index (Phi) is 5.82. The number of nitrogens with zero attached hydrogens (tertiary/aromatic N) is 1. The number of hydrogen-bond acceptors (Lipinski definition) is 4. The van der Waals surface area contributed by atoms with Crippen LogP contribution < -0.4 is 5.32 Å². The summed E-state index contributed by atoms with van der Waals surface area (Å²) in [6.07, 6.45) is 5.14. The van der Waals surface area contributed by atoms with E-state index in [2.05, 4.69) is 27.2 Å². The Morgan fingerprint density at radius 2 is 2.28 bits per heavy atom. The lowest BCUT2D eigenvalue weighted by molar-refractivity contribution is 0.503. The highest BCUT2D eigenvalue weighted by Gasteiger charge is 2.25. The monoisotopic (exact) mass is 350 g/mol. The highest BCUT2D eigenvalue weighted by molar-refractivity contribution is 9.11. The molecule has 0 aliphatic carbocycles. The van der Waals surface area contributed by atoms with Crippen LogP contribution in [-0.4, -0.2) is 32.9 Å². The summed E-state index contributed by atoms with van der Waals surface area (Å²) in [6, 6.07) is 1.68. The van der Waals surface area contributed by atoms with Gasteiger partial charge < -0.3 is 5.32 Å². The molecule has 0 aromatic carbocycles. The molecule has 0 saturated heterocycles. The van der Waals surface area contributed by atoms with Gasteiger partial charge in [-0.1, -0.05) is 12.8 Å². The molecule has 0 fully saturated rings. The van der Waals surface area contributed by atoms with Gasteiger partial charge in [0, 0.05) is 18.5 Å². The Hall–Kier alpha value is -0.390. The Bertz CT molecular complexity index is 546. The van der Waals surface area contributed by atoms with E-state index < -0.39 is 10.0 Å². The first-order valence-electron chi connectivity index (χ1n) is 5.32. The van der Waals surface area contributed by atoms with E-state index >= 15 is 0 Å². The molecule has 0 aliphatic heterocycles. The normalized spacial score (nSPS) is 11.7. The van der Waals surface area contributed by atoms with Crippen molar-refractivity contribution in [2.75, 3.05) is 20.1 Å². The van der Waals surface area contributed by atoms with E-state index in [0.29, 0.717) is 10.3 Å². The third kappa shape index (κ3) is 3.56. The van der Waals surface area contributed by atoms with Crippen LogP contribution in [0.1, 0.15) is 11.8 Å². The maximum absolute atomic E-state index is 12.2. The van der Waals surface area contributed by atoms with E-state index in [-0.39, 0.29) is 11.4 Å². The highest BCUT2D eigenvalue weighted by Crippen LogP contribution is 2.33. The van der Waals surface area contributed by atoms with Gasteiger partial charge in [-0.05, 0) is 28.5 Å². The third-order valence-corrected chi connectivity index (χ3v) is 6.31. The van der Waals surface area contributed by atoms with Crippen molar-refractivity contribution in [3.8, 4) is 12.3 Å². The summed E-state index contributed by atoms with van der Waals surface area (Å²) in [7, 11) is -2.03. The molecule has 1 heterocycles. The van der Waals surface area contributed by atoms with E-state index in [9.17, 15) is 8.42 Å². The lowest BCUT2D eigenvalue weighted by Crippen LogP contribution is -2.27. The molecule has 1 aromatic rings. The van der Waals surface area contributed by atoms with Crippen molar-refractivity contribution in [2.45, 2.75) is 18.4 Å². The smallest absolute Gasteiger partial charge is 0.245 e. The molecule has 18 heavy (non-hydrogen) atoms. The molecule has 100 valence electrons. The van der Waals surface area contributed by atoms with Gasteiger partial charge in [0.1, 0.15) is 4.90 Å². The van der Waals surface area contributed by atoms with Crippen molar-refractivity contribution in [1.82, 2.24) is 9.62 Å². The molecule has 0 aliphatic rings. The molecule has 1 aromatic heterocycles. The minimum Gasteiger partial charge on any atom is -0.312 e. The summed E-state index contributed by atoms with van der Waals surface area (Å²) in [4.78, 5) is 1.24. The molecule has 0 spiro atoms. The maximum Gasteiger partial charge on any atom is 0.245 e. The van der Waals surface area contributed by atoms with Crippen molar-refractivity contribution in [3.05, 3.63) is 14.7 Å². The van der Waals surface area contributed by atoms with Crippen LogP contribution in [0.3, 0.4) is 0 Å². The van der Waals surface area contributed by atoms with Gasteiger partial charge in [-0.2, -0.15) is 4.31 Å². The first kappa shape index (κ1) is 15.7. The second-order valence-corrected chi connectivity index (χ2v) is 8.06. The van der Waals surface area contributed by atoms with Crippen molar-refractivity contribution in [3.63, 3.8) is 0 Å². The topological polar surface area (TPSA) is 49.4 Å². The molecule has 7 heteroatoms. The summed E-state index contributed by atoms with van der Waals surface area (Å²) in [6.45, 7) is 3.57. The van der Waals surface area contributed by atoms with Gasteiger partial charge in [0.15, 0.2) is 0 Å². The van der Waals surface area contributed by atoms with E-state index in [1.807, 2.05) is 6.92 Å². The molecule has 0 radical (unpaired) electrons. The first-order valence-corrected chi connectivity index (χ1v) is 8.37. The van der Waals surface area contributed by atoms with Crippen molar-refractivity contribution >= 4 is 37.3 Å². The molecule has 0 amide bonds. The van der Waals surface area contributed by atoms with Gasteiger partial charge in [0.25, 0.3) is 0 Å². The first-order chi connectivity index (χ1) is 8.43. The van der Waals surface area contributed by atoms with Crippen molar-refractivity contribution < 1.29 is 8.42 Å². The number of thiophene rings is 1. The molecule has 0 unspecified atom stereocenters. The Morgan fingerprint density at radius 1 is 1.61 bits per heavy atom. The SMILES string of the molecule is C#CCN(C)S(=O)(=O)c1cc(CNCC)sc1Br.